The molecule has 0 aliphatic heterocycles. The lowest BCUT2D eigenvalue weighted by molar-refractivity contribution is -0.0502. The molecule has 0 heterocycles. The number of amides is 1. The number of hydrogen-bond donors (Lipinski definition) is 2. The van der Waals surface area contributed by atoms with E-state index in [1.807, 2.05) is 5.32 Å². The Kier molecular flexibility index (Phi) is 7.30. The third-order valence-electron chi connectivity index (χ3n) is 2.15. The van der Waals surface area contributed by atoms with Gasteiger partial charge in [-0.2, -0.15) is 8.78 Å². The fourth-order valence-electron chi connectivity index (χ4n) is 1.23. The third-order valence-corrected chi connectivity index (χ3v) is 2.15. The number of hydrogen-bond acceptors (Lipinski definition) is 3. The van der Waals surface area contributed by atoms with Gasteiger partial charge >= 0.3 is 6.61 Å². The Balaban J connectivity index is 0.00000361. The molecule has 1 aromatic rings. The molecule has 4 nitrogen and oxygen atoms in total. The molecule has 0 spiro atoms. The fraction of sp³-hybridized carbons (Fsp3) is 0.364. The van der Waals surface area contributed by atoms with Crippen molar-refractivity contribution in [3.63, 3.8) is 0 Å². The summed E-state index contributed by atoms with van der Waals surface area (Å²) in [7, 11) is 0. The maximum Gasteiger partial charge on any atom is 0.387 e. The summed E-state index contributed by atoms with van der Waals surface area (Å²) < 4.78 is 54.0. The molecule has 1 amide bonds. The van der Waals surface area contributed by atoms with Gasteiger partial charge in [0.1, 0.15) is 5.75 Å². The number of nitrogens with one attached hydrogen (secondary N) is 1. The summed E-state index contributed by atoms with van der Waals surface area (Å²) in [6.45, 7) is -5.02. The van der Waals surface area contributed by atoms with E-state index in [9.17, 15) is 22.4 Å². The average molecular weight is 317 g/mol. The van der Waals surface area contributed by atoms with Crippen LogP contribution in [-0.2, 0) is 0 Å². The van der Waals surface area contributed by atoms with E-state index >= 15 is 0 Å². The number of rotatable bonds is 6. The van der Waals surface area contributed by atoms with Gasteiger partial charge in [0, 0.05) is 0 Å². The molecule has 0 saturated carbocycles. The lowest BCUT2D eigenvalue weighted by Gasteiger charge is -2.15. The lowest BCUT2D eigenvalue weighted by atomic mass is 10.2. The topological polar surface area (TPSA) is 64.3 Å². The highest BCUT2D eigenvalue weighted by atomic mass is 35.5. The molecule has 0 aromatic heterocycles. The molecular weight excluding hydrogens is 304 g/mol. The minimum absolute atomic E-state index is 0. The minimum atomic E-state index is -3.26. The van der Waals surface area contributed by atoms with E-state index in [4.69, 9.17) is 5.73 Å². The molecule has 20 heavy (non-hydrogen) atoms. The Morgan fingerprint density at radius 3 is 2.50 bits per heavy atom. The van der Waals surface area contributed by atoms with Crippen molar-refractivity contribution in [2.45, 2.75) is 12.5 Å². The van der Waals surface area contributed by atoms with E-state index in [2.05, 4.69) is 4.74 Å². The van der Waals surface area contributed by atoms with Crippen molar-refractivity contribution in [2.75, 3.05) is 13.1 Å². The van der Waals surface area contributed by atoms with Crippen LogP contribution in [0, 0.1) is 0 Å². The predicted octanol–water partition coefficient (Wildman–Crippen LogP) is 2.03. The van der Waals surface area contributed by atoms with E-state index in [1.165, 1.54) is 18.2 Å². The Morgan fingerprint density at radius 1 is 1.35 bits per heavy atom. The van der Waals surface area contributed by atoms with Crippen LogP contribution in [0.2, 0.25) is 0 Å². The molecule has 114 valence electrons. The normalized spacial score (nSPS) is 10.9. The van der Waals surface area contributed by atoms with Gasteiger partial charge in [0.25, 0.3) is 11.8 Å². The summed E-state index contributed by atoms with van der Waals surface area (Å²) in [4.78, 5) is 11.6. The number of para-hydroxylation sites is 1. The number of halogens is 5. The zero-order chi connectivity index (χ0) is 14.5. The molecule has 0 bridgehead atoms. The van der Waals surface area contributed by atoms with Gasteiger partial charge in [0.2, 0.25) is 0 Å². The zero-order valence-corrected chi connectivity index (χ0v) is 10.9. The number of carbonyl (C=O) groups is 1. The molecule has 0 atom stereocenters. The van der Waals surface area contributed by atoms with E-state index in [0.29, 0.717) is 0 Å². The van der Waals surface area contributed by atoms with Crippen LogP contribution in [0.15, 0.2) is 24.3 Å². The molecule has 0 saturated heterocycles. The molecule has 0 aliphatic rings. The maximum absolute atomic E-state index is 12.8. The second-order valence-electron chi connectivity index (χ2n) is 3.62. The number of carbonyl (C=O) groups excluding carboxylic acids is 1. The first-order valence-electron chi connectivity index (χ1n) is 5.25. The molecule has 0 unspecified atom stereocenters. The number of benzene rings is 1. The Labute approximate surface area is 118 Å². The quantitative estimate of drug-likeness (QED) is 0.789. The Bertz CT molecular complexity index is 446. The minimum Gasteiger partial charge on any atom is -0.434 e. The number of ether oxygens (including phenoxy) is 1. The molecule has 0 aliphatic carbocycles. The van der Waals surface area contributed by atoms with Gasteiger partial charge in [0.15, 0.2) is 0 Å². The zero-order valence-electron chi connectivity index (χ0n) is 10.1. The molecule has 0 fully saturated rings. The van der Waals surface area contributed by atoms with Gasteiger partial charge in [-0.3, -0.25) is 4.79 Å². The first-order valence-corrected chi connectivity index (χ1v) is 5.25. The lowest BCUT2D eigenvalue weighted by Crippen LogP contribution is -2.41. The van der Waals surface area contributed by atoms with Crippen molar-refractivity contribution >= 4 is 18.3 Å². The van der Waals surface area contributed by atoms with Crippen LogP contribution in [0.3, 0.4) is 0 Å². The highest BCUT2D eigenvalue weighted by Gasteiger charge is 2.28. The van der Waals surface area contributed by atoms with Crippen LogP contribution in [0.25, 0.3) is 0 Å². The Morgan fingerprint density at radius 2 is 1.95 bits per heavy atom. The first-order chi connectivity index (χ1) is 8.85. The molecule has 1 aromatic carbocycles. The van der Waals surface area contributed by atoms with Gasteiger partial charge in [-0.25, -0.2) is 8.78 Å². The molecular formula is C11H13ClF4N2O2. The van der Waals surface area contributed by atoms with Gasteiger partial charge in [0.05, 0.1) is 18.7 Å². The van der Waals surface area contributed by atoms with Gasteiger partial charge in [-0.1, -0.05) is 12.1 Å². The van der Waals surface area contributed by atoms with E-state index < -0.39 is 31.5 Å². The summed E-state index contributed by atoms with van der Waals surface area (Å²) in [5.41, 5.74) is 4.55. The van der Waals surface area contributed by atoms with Crippen molar-refractivity contribution < 1.29 is 27.1 Å². The van der Waals surface area contributed by atoms with Crippen LogP contribution < -0.4 is 15.8 Å². The van der Waals surface area contributed by atoms with E-state index in [-0.39, 0.29) is 23.7 Å². The summed E-state index contributed by atoms with van der Waals surface area (Å²) in [6.07, 6.45) is 0. The van der Waals surface area contributed by atoms with Gasteiger partial charge < -0.3 is 15.8 Å². The molecule has 1 rings (SSSR count). The van der Waals surface area contributed by atoms with Gasteiger partial charge in [-0.15, -0.1) is 12.4 Å². The summed E-state index contributed by atoms with van der Waals surface area (Å²) in [5, 5.41) is 1.91. The second kappa shape index (κ2) is 7.91. The molecule has 3 N–H and O–H groups in total. The van der Waals surface area contributed by atoms with Crippen LogP contribution in [0.4, 0.5) is 17.6 Å². The van der Waals surface area contributed by atoms with Crippen LogP contribution in [0.5, 0.6) is 5.75 Å². The maximum atomic E-state index is 12.8. The summed E-state index contributed by atoms with van der Waals surface area (Å²) in [6, 6.07) is 5.10. The predicted molar refractivity (Wildman–Crippen MR) is 66.7 cm³/mol. The SMILES string of the molecule is Cl.NCC(F)(F)CNC(=O)c1ccccc1OC(F)F. The highest BCUT2D eigenvalue weighted by Crippen LogP contribution is 2.20. The van der Waals surface area contributed by atoms with Crippen molar-refractivity contribution in [1.82, 2.24) is 5.32 Å². The third kappa shape index (κ3) is 5.62. The number of alkyl halides is 4. The average Bonchev–Trinajstić information content (AvgIpc) is 2.36. The summed E-state index contributed by atoms with van der Waals surface area (Å²) in [5.74, 6) is -4.58. The summed E-state index contributed by atoms with van der Waals surface area (Å²) >= 11 is 0. The second-order valence-corrected chi connectivity index (χ2v) is 3.62. The highest BCUT2D eigenvalue weighted by molar-refractivity contribution is 5.96. The van der Waals surface area contributed by atoms with E-state index in [0.717, 1.165) is 6.07 Å². The molecule has 9 heteroatoms. The van der Waals surface area contributed by atoms with Crippen molar-refractivity contribution in [3.8, 4) is 5.75 Å². The van der Waals surface area contributed by atoms with Crippen molar-refractivity contribution in [2.24, 2.45) is 5.73 Å². The van der Waals surface area contributed by atoms with Crippen molar-refractivity contribution in [3.05, 3.63) is 29.8 Å². The molecule has 0 radical (unpaired) electrons. The van der Waals surface area contributed by atoms with Crippen LogP contribution >= 0.6 is 12.4 Å². The smallest absolute Gasteiger partial charge is 0.387 e. The van der Waals surface area contributed by atoms with Crippen molar-refractivity contribution in [1.29, 1.82) is 0 Å². The monoisotopic (exact) mass is 316 g/mol. The largest absolute Gasteiger partial charge is 0.434 e. The fourth-order valence-corrected chi connectivity index (χ4v) is 1.23. The first kappa shape index (κ1) is 18.5. The Hall–Kier alpha value is -1.54. The van der Waals surface area contributed by atoms with Crippen LogP contribution in [0.1, 0.15) is 10.4 Å². The van der Waals surface area contributed by atoms with E-state index in [1.54, 1.807) is 0 Å². The number of nitrogens with two attached hydrogens (primary N) is 1. The van der Waals surface area contributed by atoms with Crippen LogP contribution in [-0.4, -0.2) is 31.5 Å². The van der Waals surface area contributed by atoms with Gasteiger partial charge in [-0.05, 0) is 12.1 Å². The standard InChI is InChI=1S/C11H12F4N2O2.ClH/c12-10(13)19-8-4-2-1-3-7(8)9(18)17-6-11(14,15)5-16;/h1-4,10H,5-6,16H2,(H,17,18);1H.